The lowest BCUT2D eigenvalue weighted by Crippen LogP contribution is -2.51. The van der Waals surface area contributed by atoms with Gasteiger partial charge in [0.2, 0.25) is 0 Å². The summed E-state index contributed by atoms with van der Waals surface area (Å²) in [5.41, 5.74) is 0.445. The lowest BCUT2D eigenvalue weighted by atomic mass is 9.47. The third kappa shape index (κ3) is 1.78. The van der Waals surface area contributed by atoms with Gasteiger partial charge >= 0.3 is 0 Å². The normalized spacial score (nSPS) is 60.7. The van der Waals surface area contributed by atoms with Crippen LogP contribution in [0.4, 0.5) is 0 Å². The topological polar surface area (TPSA) is 37.3 Å². The number of rotatable bonds is 0. The Morgan fingerprint density at radius 3 is 2.86 bits per heavy atom. The molecular formula is C19H28O2. The van der Waals surface area contributed by atoms with E-state index in [2.05, 4.69) is 6.92 Å². The molecule has 0 aromatic heterocycles. The van der Waals surface area contributed by atoms with Crippen molar-refractivity contribution in [2.75, 3.05) is 0 Å². The van der Waals surface area contributed by atoms with E-state index in [1.165, 1.54) is 6.08 Å². The van der Waals surface area contributed by atoms with Crippen molar-refractivity contribution in [2.24, 2.45) is 28.6 Å². The largest absolute Gasteiger partial charge is 0.393 e. The zero-order chi connectivity index (χ0) is 17.5. The fourth-order valence-electron chi connectivity index (χ4n) is 6.09. The molecule has 1 N–H and O–H groups in total. The molecule has 3 fully saturated rings. The number of aliphatic hydroxyl groups is 1. The van der Waals surface area contributed by atoms with E-state index in [1.54, 1.807) is 0 Å². The summed E-state index contributed by atoms with van der Waals surface area (Å²) in [7, 11) is 0. The Morgan fingerprint density at radius 1 is 1.24 bits per heavy atom. The highest BCUT2D eigenvalue weighted by Gasteiger charge is 2.58. The number of aliphatic hydroxyl groups excluding tert-OH is 1. The lowest BCUT2D eigenvalue weighted by molar-refractivity contribution is -0.118. The Hall–Kier alpha value is -0.630. The molecule has 0 aromatic carbocycles. The van der Waals surface area contributed by atoms with Gasteiger partial charge in [-0.05, 0) is 79.6 Å². The molecule has 0 heterocycles. The molecule has 7 atom stereocenters. The molecule has 0 radical (unpaired) electrons. The van der Waals surface area contributed by atoms with Crippen molar-refractivity contribution in [3.63, 3.8) is 0 Å². The summed E-state index contributed by atoms with van der Waals surface area (Å²) in [6, 6.07) is 0. The Balaban J connectivity index is 1.76. The van der Waals surface area contributed by atoms with Gasteiger partial charge in [-0.1, -0.05) is 19.4 Å². The maximum atomic E-state index is 12.2. The standard InChI is InChI=1S/C19H28O2/c1-18-9-7-13(20)11-12(18)3-4-14-15-5-6-17(21)19(15,2)10-8-16(14)18/h11,14-17,21H,3-10H2,1-2H3/t14-,15-,16-,17-,18-,19-/m0/s1/i7D2,9D/t9?,14-,15-,16-,17-,18-,19-. The number of allylic oxidation sites excluding steroid dienone is 1. The molecule has 4 aliphatic carbocycles. The second-order valence-corrected chi connectivity index (χ2v) is 8.16. The molecule has 0 spiro atoms. The SMILES string of the molecule is [2H]C1C([2H])([2H])C(=O)C=C2CC[C@H]3[C@@H]4CC[C@H](O)[C@@]4(C)CC[C@@H]3[C@]21C. The van der Waals surface area contributed by atoms with Gasteiger partial charge in [-0.2, -0.15) is 0 Å². The Labute approximate surface area is 132 Å². The van der Waals surface area contributed by atoms with Crippen LogP contribution in [0.3, 0.4) is 0 Å². The molecule has 0 aromatic rings. The maximum absolute atomic E-state index is 12.2. The van der Waals surface area contributed by atoms with Crippen LogP contribution >= 0.6 is 0 Å². The monoisotopic (exact) mass is 291 g/mol. The van der Waals surface area contributed by atoms with Crippen LogP contribution in [0.15, 0.2) is 11.6 Å². The van der Waals surface area contributed by atoms with Crippen molar-refractivity contribution >= 4 is 5.78 Å². The predicted octanol–water partition coefficient (Wildman–Crippen LogP) is 3.88. The molecule has 0 aliphatic heterocycles. The van der Waals surface area contributed by atoms with E-state index in [-0.39, 0.29) is 17.4 Å². The first-order valence-corrected chi connectivity index (χ1v) is 8.49. The molecule has 21 heavy (non-hydrogen) atoms. The van der Waals surface area contributed by atoms with Crippen LogP contribution in [0.1, 0.15) is 69.3 Å². The van der Waals surface area contributed by atoms with E-state index in [4.69, 9.17) is 4.11 Å². The first kappa shape index (κ1) is 11.0. The minimum atomic E-state index is -2.09. The zero-order valence-electron chi connectivity index (χ0n) is 16.1. The number of hydrogen-bond acceptors (Lipinski definition) is 2. The van der Waals surface area contributed by atoms with E-state index in [0.29, 0.717) is 11.8 Å². The minimum absolute atomic E-state index is 0.0141. The molecule has 3 saturated carbocycles. The van der Waals surface area contributed by atoms with Crippen LogP contribution in [-0.4, -0.2) is 17.0 Å². The number of ketones is 1. The highest BCUT2D eigenvalue weighted by Crippen LogP contribution is 2.65. The molecular weight excluding hydrogens is 260 g/mol. The smallest absolute Gasteiger partial charge is 0.155 e. The van der Waals surface area contributed by atoms with Crippen molar-refractivity contribution in [3.05, 3.63) is 11.6 Å². The van der Waals surface area contributed by atoms with Gasteiger partial charge < -0.3 is 5.11 Å². The quantitative estimate of drug-likeness (QED) is 0.735. The number of hydrogen-bond donors (Lipinski definition) is 1. The molecule has 0 saturated heterocycles. The number of fused-ring (bicyclic) bond motifs is 5. The molecule has 116 valence electrons. The fourth-order valence-corrected chi connectivity index (χ4v) is 6.09. The number of carbonyl (C=O) groups is 1. The summed E-state index contributed by atoms with van der Waals surface area (Å²) in [5, 5.41) is 10.5. The zero-order valence-corrected chi connectivity index (χ0v) is 13.1. The van der Waals surface area contributed by atoms with E-state index in [9.17, 15) is 9.90 Å². The Bertz CT molecular complexity index is 616. The Kier molecular flexibility index (Phi) is 2.32. The summed E-state index contributed by atoms with van der Waals surface area (Å²) in [6.45, 7) is 4.26. The van der Waals surface area contributed by atoms with Gasteiger partial charge in [0, 0.05) is 10.5 Å². The highest BCUT2D eigenvalue weighted by molar-refractivity contribution is 5.91. The third-order valence-corrected chi connectivity index (χ3v) is 7.42. The highest BCUT2D eigenvalue weighted by atomic mass is 16.3. The van der Waals surface area contributed by atoms with E-state index in [0.717, 1.165) is 44.1 Å². The number of carbonyl (C=O) groups excluding carboxylic acids is 1. The van der Waals surface area contributed by atoms with Gasteiger partial charge in [0.15, 0.2) is 5.78 Å². The molecule has 0 bridgehead atoms. The van der Waals surface area contributed by atoms with E-state index in [1.807, 2.05) is 6.92 Å². The second-order valence-electron chi connectivity index (χ2n) is 8.16. The summed E-state index contributed by atoms with van der Waals surface area (Å²) in [5.74, 6) is 0.650. The third-order valence-electron chi connectivity index (χ3n) is 7.42. The van der Waals surface area contributed by atoms with Gasteiger partial charge in [-0.15, -0.1) is 0 Å². The molecule has 1 unspecified atom stereocenters. The van der Waals surface area contributed by atoms with Crippen molar-refractivity contribution in [1.82, 2.24) is 0 Å². The fraction of sp³-hybridized carbons (Fsp3) is 0.842. The van der Waals surface area contributed by atoms with Crippen LogP contribution in [0.2, 0.25) is 0 Å². The second kappa shape index (κ2) is 4.44. The minimum Gasteiger partial charge on any atom is -0.393 e. The van der Waals surface area contributed by atoms with Crippen LogP contribution in [0.5, 0.6) is 0 Å². The molecule has 2 nitrogen and oxygen atoms in total. The van der Waals surface area contributed by atoms with Crippen molar-refractivity contribution in [3.8, 4) is 0 Å². The van der Waals surface area contributed by atoms with Crippen LogP contribution in [0.25, 0.3) is 0 Å². The van der Waals surface area contributed by atoms with Crippen LogP contribution < -0.4 is 0 Å². The van der Waals surface area contributed by atoms with Gasteiger partial charge in [0.05, 0.1) is 6.10 Å². The summed E-state index contributed by atoms with van der Waals surface area (Å²) in [4.78, 5) is 12.2. The Morgan fingerprint density at radius 2 is 2.05 bits per heavy atom. The molecule has 2 heteroatoms. The van der Waals surface area contributed by atoms with Crippen LogP contribution in [0, 0.1) is 28.6 Å². The van der Waals surface area contributed by atoms with Crippen molar-refractivity contribution in [2.45, 2.75) is 71.2 Å². The molecule has 4 rings (SSSR count). The molecule has 4 aliphatic rings. The first-order chi connectivity index (χ1) is 11.1. The average Bonchev–Trinajstić information content (AvgIpc) is 2.83. The van der Waals surface area contributed by atoms with Crippen molar-refractivity contribution in [1.29, 1.82) is 0 Å². The van der Waals surface area contributed by atoms with E-state index >= 15 is 0 Å². The average molecular weight is 291 g/mol. The predicted molar refractivity (Wildman–Crippen MR) is 82.7 cm³/mol. The summed E-state index contributed by atoms with van der Waals surface area (Å²) in [6.07, 6.45) is 3.80. The molecule has 0 amide bonds. The lowest BCUT2D eigenvalue weighted by Gasteiger charge is -2.57. The maximum Gasteiger partial charge on any atom is 0.155 e. The van der Waals surface area contributed by atoms with Crippen LogP contribution in [-0.2, 0) is 4.79 Å². The summed E-state index contributed by atoms with van der Waals surface area (Å²) < 4.78 is 25.0. The van der Waals surface area contributed by atoms with Gasteiger partial charge in [0.25, 0.3) is 0 Å². The summed E-state index contributed by atoms with van der Waals surface area (Å²) >= 11 is 0. The first-order valence-electron chi connectivity index (χ1n) is 10.1. The van der Waals surface area contributed by atoms with Gasteiger partial charge in [-0.25, -0.2) is 0 Å². The van der Waals surface area contributed by atoms with Gasteiger partial charge in [0.1, 0.15) is 0 Å². The van der Waals surface area contributed by atoms with Gasteiger partial charge in [-0.3, -0.25) is 4.79 Å². The van der Waals surface area contributed by atoms with Crippen molar-refractivity contribution < 1.29 is 14.0 Å². The van der Waals surface area contributed by atoms with E-state index < -0.39 is 24.0 Å².